The molecule has 0 fully saturated rings. The summed E-state index contributed by atoms with van der Waals surface area (Å²) in [6.45, 7) is 5.86. The molecule has 2 N–H and O–H groups in total. The minimum Gasteiger partial charge on any atom is -0.494 e. The van der Waals surface area contributed by atoms with Gasteiger partial charge in [-0.3, -0.25) is 0 Å². The number of unbranched alkanes of at least 4 members (excludes halogenated alkanes) is 4. The highest BCUT2D eigenvalue weighted by Crippen LogP contribution is 2.17. The van der Waals surface area contributed by atoms with Crippen molar-refractivity contribution in [3.05, 3.63) is 46.7 Å². The summed E-state index contributed by atoms with van der Waals surface area (Å²) < 4.78 is 5.85. The van der Waals surface area contributed by atoms with E-state index in [0.29, 0.717) is 0 Å². The smallest absolute Gasteiger partial charge is 0.121 e. The second-order valence-corrected chi connectivity index (χ2v) is 7.01. The van der Waals surface area contributed by atoms with E-state index in [-0.39, 0.29) is 0 Å². The number of rotatable bonds is 13. The van der Waals surface area contributed by atoms with Crippen LogP contribution in [0, 0.1) is 0 Å². The molecule has 132 valence electrons. The molecule has 0 radical (unpaired) electrons. The first-order valence-electron chi connectivity index (χ1n) is 9.08. The summed E-state index contributed by atoms with van der Waals surface area (Å²) in [4.78, 5) is 1.38. The second-order valence-electron chi connectivity index (χ2n) is 5.97. The summed E-state index contributed by atoms with van der Waals surface area (Å²) >= 11 is 1.79. The Bertz CT molecular complexity index is 542. The summed E-state index contributed by atoms with van der Waals surface area (Å²) in [5, 5.41) is 9.01. The SMILES string of the molecule is CCCCCCCOc1cccc(NCCNCc2cccs2)c1. The Hall–Kier alpha value is -1.52. The van der Waals surface area contributed by atoms with E-state index in [2.05, 4.69) is 47.2 Å². The molecule has 0 aliphatic heterocycles. The number of thiophene rings is 1. The van der Waals surface area contributed by atoms with Crippen LogP contribution in [0.5, 0.6) is 5.75 Å². The molecule has 2 aromatic rings. The van der Waals surface area contributed by atoms with Crippen LogP contribution < -0.4 is 15.4 Å². The van der Waals surface area contributed by atoms with E-state index in [1.54, 1.807) is 11.3 Å². The molecule has 1 aromatic heterocycles. The molecule has 0 unspecified atom stereocenters. The average molecular weight is 347 g/mol. The fourth-order valence-electron chi connectivity index (χ4n) is 2.51. The predicted molar refractivity (Wildman–Crippen MR) is 105 cm³/mol. The van der Waals surface area contributed by atoms with Crippen molar-refractivity contribution in [3.8, 4) is 5.75 Å². The maximum absolute atomic E-state index is 5.85. The van der Waals surface area contributed by atoms with Crippen molar-refractivity contribution in [2.75, 3.05) is 25.0 Å². The Labute approximate surface area is 150 Å². The lowest BCUT2D eigenvalue weighted by Gasteiger charge is -2.10. The fraction of sp³-hybridized carbons (Fsp3) is 0.500. The van der Waals surface area contributed by atoms with Gasteiger partial charge in [-0.05, 0) is 30.0 Å². The van der Waals surface area contributed by atoms with Crippen LogP contribution in [0.25, 0.3) is 0 Å². The number of ether oxygens (including phenoxy) is 1. The summed E-state index contributed by atoms with van der Waals surface area (Å²) in [5.74, 6) is 0.960. The Kier molecular flexibility index (Phi) is 9.35. The number of hydrogen-bond donors (Lipinski definition) is 2. The highest BCUT2D eigenvalue weighted by molar-refractivity contribution is 7.09. The molecule has 0 aliphatic carbocycles. The van der Waals surface area contributed by atoms with Crippen molar-refractivity contribution in [2.45, 2.75) is 45.6 Å². The average Bonchev–Trinajstić information content (AvgIpc) is 3.11. The van der Waals surface area contributed by atoms with E-state index in [9.17, 15) is 0 Å². The van der Waals surface area contributed by atoms with Crippen LogP contribution in [0.1, 0.15) is 43.9 Å². The molecule has 1 aromatic carbocycles. The zero-order valence-corrected chi connectivity index (χ0v) is 15.5. The third-order valence-electron chi connectivity index (χ3n) is 3.86. The molecule has 2 rings (SSSR count). The molecule has 0 aliphatic rings. The first-order chi connectivity index (χ1) is 11.9. The van der Waals surface area contributed by atoms with Crippen molar-refractivity contribution in [1.82, 2.24) is 5.32 Å². The summed E-state index contributed by atoms with van der Waals surface area (Å²) in [5.41, 5.74) is 1.12. The minimum atomic E-state index is 0.815. The molecule has 24 heavy (non-hydrogen) atoms. The van der Waals surface area contributed by atoms with E-state index in [1.165, 1.54) is 30.6 Å². The molecule has 0 amide bonds. The van der Waals surface area contributed by atoms with Crippen LogP contribution in [-0.2, 0) is 6.54 Å². The van der Waals surface area contributed by atoms with E-state index in [4.69, 9.17) is 4.74 Å². The Morgan fingerprint density at radius 2 is 1.92 bits per heavy atom. The number of anilines is 1. The maximum Gasteiger partial charge on any atom is 0.121 e. The summed E-state index contributed by atoms with van der Waals surface area (Å²) in [6, 6.07) is 12.5. The van der Waals surface area contributed by atoms with E-state index < -0.39 is 0 Å². The second kappa shape index (κ2) is 11.9. The van der Waals surface area contributed by atoms with Crippen LogP contribution in [0.3, 0.4) is 0 Å². The molecule has 0 spiro atoms. The highest BCUT2D eigenvalue weighted by Gasteiger charge is 1.98. The van der Waals surface area contributed by atoms with Gasteiger partial charge in [0.05, 0.1) is 6.61 Å². The first kappa shape index (κ1) is 18.8. The zero-order chi connectivity index (χ0) is 16.9. The molecule has 4 heteroatoms. The minimum absolute atomic E-state index is 0.815. The summed E-state index contributed by atoms with van der Waals surface area (Å²) in [7, 11) is 0. The lowest BCUT2D eigenvalue weighted by molar-refractivity contribution is 0.304. The predicted octanol–water partition coefficient (Wildman–Crippen LogP) is 5.30. The van der Waals surface area contributed by atoms with Gasteiger partial charge in [0, 0.05) is 36.3 Å². The van der Waals surface area contributed by atoms with Crippen LogP contribution in [0.15, 0.2) is 41.8 Å². The number of benzene rings is 1. The van der Waals surface area contributed by atoms with Gasteiger partial charge >= 0.3 is 0 Å². The quantitative estimate of drug-likeness (QED) is 0.483. The van der Waals surface area contributed by atoms with Gasteiger partial charge in [0.15, 0.2) is 0 Å². The largest absolute Gasteiger partial charge is 0.494 e. The van der Waals surface area contributed by atoms with Crippen molar-refractivity contribution in [3.63, 3.8) is 0 Å². The Morgan fingerprint density at radius 3 is 2.75 bits per heavy atom. The Balaban J connectivity index is 1.57. The molecular formula is C20H30N2OS. The molecular weight excluding hydrogens is 316 g/mol. The first-order valence-corrected chi connectivity index (χ1v) is 9.96. The lowest BCUT2D eigenvalue weighted by Crippen LogP contribution is -2.21. The maximum atomic E-state index is 5.85. The van der Waals surface area contributed by atoms with Crippen molar-refractivity contribution >= 4 is 17.0 Å². The van der Waals surface area contributed by atoms with Crippen molar-refractivity contribution in [2.24, 2.45) is 0 Å². The third kappa shape index (κ3) is 7.84. The van der Waals surface area contributed by atoms with E-state index in [0.717, 1.165) is 44.1 Å². The van der Waals surface area contributed by atoms with Gasteiger partial charge in [-0.2, -0.15) is 0 Å². The van der Waals surface area contributed by atoms with Crippen LogP contribution in [0.2, 0.25) is 0 Å². The van der Waals surface area contributed by atoms with E-state index >= 15 is 0 Å². The normalized spacial score (nSPS) is 10.7. The molecule has 0 atom stereocenters. The fourth-order valence-corrected chi connectivity index (χ4v) is 3.19. The lowest BCUT2D eigenvalue weighted by atomic mass is 10.2. The van der Waals surface area contributed by atoms with Gasteiger partial charge in [-0.15, -0.1) is 11.3 Å². The molecule has 0 saturated heterocycles. The van der Waals surface area contributed by atoms with Gasteiger partial charge in [-0.25, -0.2) is 0 Å². The van der Waals surface area contributed by atoms with E-state index in [1.807, 2.05) is 12.1 Å². The van der Waals surface area contributed by atoms with Gasteiger partial charge < -0.3 is 15.4 Å². The molecule has 0 saturated carbocycles. The topological polar surface area (TPSA) is 33.3 Å². The standard InChI is InChI=1S/C20H30N2OS/c1-2-3-4-5-6-14-23-19-10-7-9-18(16-19)22-13-12-21-17-20-11-8-15-24-20/h7-11,15-16,21-22H,2-6,12-14,17H2,1H3. The van der Waals surface area contributed by atoms with Crippen LogP contribution in [-0.4, -0.2) is 19.7 Å². The van der Waals surface area contributed by atoms with Gasteiger partial charge in [0.1, 0.15) is 5.75 Å². The molecule has 1 heterocycles. The summed E-state index contributed by atoms with van der Waals surface area (Å²) in [6.07, 6.45) is 6.35. The van der Waals surface area contributed by atoms with Crippen molar-refractivity contribution in [1.29, 1.82) is 0 Å². The highest BCUT2D eigenvalue weighted by atomic mass is 32.1. The molecule has 3 nitrogen and oxygen atoms in total. The van der Waals surface area contributed by atoms with Crippen LogP contribution in [0.4, 0.5) is 5.69 Å². The van der Waals surface area contributed by atoms with Crippen molar-refractivity contribution < 1.29 is 4.74 Å². The molecule has 0 bridgehead atoms. The number of nitrogens with one attached hydrogen (secondary N) is 2. The van der Waals surface area contributed by atoms with Gasteiger partial charge in [0.2, 0.25) is 0 Å². The zero-order valence-electron chi connectivity index (χ0n) is 14.7. The monoisotopic (exact) mass is 346 g/mol. The number of hydrogen-bond acceptors (Lipinski definition) is 4. The van der Waals surface area contributed by atoms with Crippen LogP contribution >= 0.6 is 11.3 Å². The van der Waals surface area contributed by atoms with Gasteiger partial charge in [-0.1, -0.05) is 44.7 Å². The van der Waals surface area contributed by atoms with Gasteiger partial charge in [0.25, 0.3) is 0 Å². The Morgan fingerprint density at radius 1 is 1.00 bits per heavy atom. The third-order valence-corrected chi connectivity index (χ3v) is 4.74.